The van der Waals surface area contributed by atoms with Crippen molar-refractivity contribution in [3.05, 3.63) is 0 Å². The molecular weight excluding hydrogens is 218 g/mol. The van der Waals surface area contributed by atoms with Gasteiger partial charge in [0.2, 0.25) is 5.91 Å². The first kappa shape index (κ1) is 14.0. The molecule has 1 saturated carbocycles. The van der Waals surface area contributed by atoms with Gasteiger partial charge in [0.25, 0.3) is 0 Å². The van der Waals surface area contributed by atoms with Crippen LogP contribution >= 0.6 is 0 Å². The van der Waals surface area contributed by atoms with Gasteiger partial charge in [-0.1, -0.05) is 19.8 Å². The van der Waals surface area contributed by atoms with E-state index in [-0.39, 0.29) is 24.7 Å². The van der Waals surface area contributed by atoms with Crippen molar-refractivity contribution < 1.29 is 14.3 Å². The average molecular weight is 241 g/mol. The standard InChI is InChI=1S/C13H23NO3/c1-3-17-13(16)8-7-12(15)14-9-11-6-4-5-10(11)2/h10-11H,3-9H2,1-2H3,(H,14,15). The zero-order chi connectivity index (χ0) is 12.7. The van der Waals surface area contributed by atoms with Gasteiger partial charge in [-0.15, -0.1) is 0 Å². The Balaban J connectivity index is 2.10. The van der Waals surface area contributed by atoms with Crippen LogP contribution in [-0.4, -0.2) is 25.0 Å². The van der Waals surface area contributed by atoms with Crippen molar-refractivity contribution in [3.8, 4) is 0 Å². The van der Waals surface area contributed by atoms with Crippen molar-refractivity contribution in [1.82, 2.24) is 5.32 Å². The monoisotopic (exact) mass is 241 g/mol. The average Bonchev–Trinajstić information content (AvgIpc) is 2.70. The van der Waals surface area contributed by atoms with Crippen molar-refractivity contribution in [1.29, 1.82) is 0 Å². The molecule has 0 aliphatic heterocycles. The summed E-state index contributed by atoms with van der Waals surface area (Å²) < 4.78 is 4.77. The second-order valence-corrected chi connectivity index (χ2v) is 4.78. The predicted molar refractivity (Wildman–Crippen MR) is 65.4 cm³/mol. The van der Waals surface area contributed by atoms with Gasteiger partial charge in [-0.3, -0.25) is 9.59 Å². The van der Waals surface area contributed by atoms with Gasteiger partial charge >= 0.3 is 5.97 Å². The molecule has 0 aromatic rings. The lowest BCUT2D eigenvalue weighted by Gasteiger charge is -2.15. The quantitative estimate of drug-likeness (QED) is 0.722. The maximum atomic E-state index is 11.5. The number of nitrogens with one attached hydrogen (secondary N) is 1. The number of carbonyl (C=O) groups excluding carboxylic acids is 2. The summed E-state index contributed by atoms with van der Waals surface area (Å²) in [5.41, 5.74) is 0. The molecule has 2 atom stereocenters. The molecule has 1 amide bonds. The molecule has 0 saturated heterocycles. The number of rotatable bonds is 6. The minimum absolute atomic E-state index is 0.0443. The molecule has 98 valence electrons. The molecule has 1 aliphatic rings. The van der Waals surface area contributed by atoms with Gasteiger partial charge in [-0.05, 0) is 25.2 Å². The highest BCUT2D eigenvalue weighted by molar-refractivity contribution is 5.81. The van der Waals surface area contributed by atoms with Gasteiger partial charge in [-0.2, -0.15) is 0 Å². The van der Waals surface area contributed by atoms with E-state index in [1.54, 1.807) is 6.92 Å². The second kappa shape index (κ2) is 7.30. The van der Waals surface area contributed by atoms with Crippen LogP contribution in [0.15, 0.2) is 0 Å². The van der Waals surface area contributed by atoms with Gasteiger partial charge in [0.05, 0.1) is 13.0 Å². The fourth-order valence-electron chi connectivity index (χ4n) is 2.31. The lowest BCUT2D eigenvalue weighted by atomic mass is 9.98. The maximum Gasteiger partial charge on any atom is 0.306 e. The first-order valence-corrected chi connectivity index (χ1v) is 6.55. The Kier molecular flexibility index (Phi) is 6.01. The van der Waals surface area contributed by atoms with Gasteiger partial charge < -0.3 is 10.1 Å². The topological polar surface area (TPSA) is 55.4 Å². The third kappa shape index (κ3) is 5.20. The van der Waals surface area contributed by atoms with Crippen molar-refractivity contribution in [2.75, 3.05) is 13.2 Å². The summed E-state index contributed by atoms with van der Waals surface area (Å²) in [7, 11) is 0. The maximum absolute atomic E-state index is 11.5. The SMILES string of the molecule is CCOC(=O)CCC(=O)NCC1CCCC1C. The van der Waals surface area contributed by atoms with E-state index in [9.17, 15) is 9.59 Å². The number of hydrogen-bond donors (Lipinski definition) is 1. The van der Waals surface area contributed by atoms with Crippen molar-refractivity contribution in [2.24, 2.45) is 11.8 Å². The van der Waals surface area contributed by atoms with E-state index in [0.717, 1.165) is 6.54 Å². The normalized spacial score (nSPS) is 23.4. The number of amides is 1. The summed E-state index contributed by atoms with van der Waals surface area (Å²) in [6, 6.07) is 0. The number of esters is 1. The van der Waals surface area contributed by atoms with Crippen LogP contribution in [0.1, 0.15) is 46.0 Å². The molecule has 1 aliphatic carbocycles. The molecule has 1 fully saturated rings. The largest absolute Gasteiger partial charge is 0.466 e. The molecule has 4 nitrogen and oxygen atoms in total. The minimum atomic E-state index is -0.295. The van der Waals surface area contributed by atoms with Crippen LogP contribution in [0.3, 0.4) is 0 Å². The van der Waals surface area contributed by atoms with Crippen LogP contribution < -0.4 is 5.32 Å². The second-order valence-electron chi connectivity index (χ2n) is 4.78. The highest BCUT2D eigenvalue weighted by atomic mass is 16.5. The first-order valence-electron chi connectivity index (χ1n) is 6.55. The molecular formula is C13H23NO3. The highest BCUT2D eigenvalue weighted by Crippen LogP contribution is 2.30. The Morgan fingerprint density at radius 1 is 1.29 bits per heavy atom. The lowest BCUT2D eigenvalue weighted by molar-refractivity contribution is -0.144. The zero-order valence-electron chi connectivity index (χ0n) is 10.8. The molecule has 0 bridgehead atoms. The van der Waals surface area contributed by atoms with E-state index in [1.165, 1.54) is 19.3 Å². The van der Waals surface area contributed by atoms with Crippen molar-refractivity contribution in [3.63, 3.8) is 0 Å². The molecule has 0 spiro atoms. The summed E-state index contributed by atoms with van der Waals surface area (Å²) in [5.74, 6) is 0.982. The summed E-state index contributed by atoms with van der Waals surface area (Å²) in [6.07, 6.45) is 4.16. The smallest absolute Gasteiger partial charge is 0.306 e. The number of ether oxygens (including phenoxy) is 1. The third-order valence-electron chi connectivity index (χ3n) is 3.46. The highest BCUT2D eigenvalue weighted by Gasteiger charge is 2.23. The lowest BCUT2D eigenvalue weighted by Crippen LogP contribution is -2.30. The predicted octanol–water partition coefficient (Wildman–Crippen LogP) is 1.88. The Morgan fingerprint density at radius 2 is 2.06 bits per heavy atom. The van der Waals surface area contributed by atoms with Gasteiger partial charge in [0, 0.05) is 13.0 Å². The van der Waals surface area contributed by atoms with E-state index in [4.69, 9.17) is 4.74 Å². The van der Waals surface area contributed by atoms with Crippen LogP contribution in [0, 0.1) is 11.8 Å². The number of hydrogen-bond acceptors (Lipinski definition) is 3. The summed E-state index contributed by atoms with van der Waals surface area (Å²) in [4.78, 5) is 22.6. The summed E-state index contributed by atoms with van der Waals surface area (Å²) >= 11 is 0. The van der Waals surface area contributed by atoms with Crippen LogP contribution in [0.2, 0.25) is 0 Å². The van der Waals surface area contributed by atoms with E-state index < -0.39 is 0 Å². The Morgan fingerprint density at radius 3 is 2.65 bits per heavy atom. The van der Waals surface area contributed by atoms with Crippen molar-refractivity contribution >= 4 is 11.9 Å². The zero-order valence-corrected chi connectivity index (χ0v) is 10.8. The van der Waals surface area contributed by atoms with Crippen LogP contribution in [0.5, 0.6) is 0 Å². The molecule has 0 aromatic carbocycles. The fraction of sp³-hybridized carbons (Fsp3) is 0.846. The molecule has 2 unspecified atom stereocenters. The molecule has 1 rings (SSSR count). The van der Waals surface area contributed by atoms with E-state index in [0.29, 0.717) is 18.4 Å². The number of carbonyl (C=O) groups is 2. The van der Waals surface area contributed by atoms with Gasteiger partial charge in [-0.25, -0.2) is 0 Å². The molecule has 0 radical (unpaired) electrons. The summed E-state index contributed by atoms with van der Waals surface area (Å²) in [5, 5.41) is 2.91. The molecule has 4 heteroatoms. The molecule has 17 heavy (non-hydrogen) atoms. The van der Waals surface area contributed by atoms with Gasteiger partial charge in [0.1, 0.15) is 0 Å². The van der Waals surface area contributed by atoms with Crippen molar-refractivity contribution in [2.45, 2.75) is 46.0 Å². The Bertz CT molecular complexity index is 265. The third-order valence-corrected chi connectivity index (χ3v) is 3.46. The molecule has 0 heterocycles. The van der Waals surface area contributed by atoms with Crippen LogP contribution in [0.25, 0.3) is 0 Å². The van der Waals surface area contributed by atoms with Gasteiger partial charge in [0.15, 0.2) is 0 Å². The van der Waals surface area contributed by atoms with E-state index >= 15 is 0 Å². The molecule has 1 N–H and O–H groups in total. The Labute approximate surface area is 103 Å². The van der Waals surface area contributed by atoms with Crippen LogP contribution in [0.4, 0.5) is 0 Å². The fourth-order valence-corrected chi connectivity index (χ4v) is 2.31. The molecule has 0 aromatic heterocycles. The summed E-state index contributed by atoms with van der Waals surface area (Å²) in [6.45, 7) is 5.13. The van der Waals surface area contributed by atoms with E-state index in [1.807, 2.05) is 0 Å². The first-order chi connectivity index (χ1) is 8.13. The minimum Gasteiger partial charge on any atom is -0.466 e. The van der Waals surface area contributed by atoms with E-state index in [2.05, 4.69) is 12.2 Å². The van der Waals surface area contributed by atoms with Crippen LogP contribution in [-0.2, 0) is 14.3 Å². The Hall–Kier alpha value is -1.06.